The lowest BCUT2D eigenvalue weighted by atomic mass is 10.3. The van der Waals surface area contributed by atoms with Crippen molar-refractivity contribution in [3.05, 3.63) is 36.7 Å². The Morgan fingerprint density at radius 2 is 1.67 bits per heavy atom. The summed E-state index contributed by atoms with van der Waals surface area (Å²) in [5, 5.41) is 0. The zero-order chi connectivity index (χ0) is 9.40. The summed E-state index contributed by atoms with van der Waals surface area (Å²) in [4.78, 5) is 3.85. The van der Waals surface area contributed by atoms with Gasteiger partial charge in [0, 0.05) is 12.4 Å². The number of hydrogen-bond donors (Lipinski definition) is 0. The summed E-state index contributed by atoms with van der Waals surface area (Å²) in [7, 11) is -3.11. The maximum absolute atomic E-state index is 8.44. The van der Waals surface area contributed by atoms with Gasteiger partial charge in [0.25, 0.3) is 0 Å². The van der Waals surface area contributed by atoms with Crippen molar-refractivity contribution in [2.24, 2.45) is 0 Å². The Bertz CT molecular complexity index is 322. The van der Waals surface area contributed by atoms with Crippen LogP contribution in [-0.4, -0.2) is 17.6 Å². The van der Waals surface area contributed by atoms with E-state index in [0.717, 1.165) is 5.56 Å². The summed E-state index contributed by atoms with van der Waals surface area (Å²) >= 11 is 0. The maximum Gasteiger partial charge on any atom is 0.425 e. The van der Waals surface area contributed by atoms with Crippen molar-refractivity contribution in [1.82, 2.24) is 4.98 Å². The van der Waals surface area contributed by atoms with Gasteiger partial charge in [-0.15, -0.1) is 12.6 Å². The van der Waals surface area contributed by atoms with Gasteiger partial charge >= 0.3 is 10.6 Å². The van der Waals surface area contributed by atoms with Gasteiger partial charge < -0.3 is 0 Å². The summed E-state index contributed by atoms with van der Waals surface area (Å²) in [5.41, 5.74) is 1.11. The molecule has 0 fully saturated rings. The third-order valence-corrected chi connectivity index (χ3v) is 0.942. The molecule has 1 heterocycles. The first kappa shape index (κ1) is 10.5. The largest absolute Gasteiger partial charge is 0.425 e. The molecule has 4 nitrogen and oxygen atoms in total. The van der Waals surface area contributed by atoms with E-state index in [0.29, 0.717) is 0 Å². The standard InChI is InChI=1S/C7H7N.O3S/c1-2-7-3-5-8-6-4-7;1-4(2)3/h2-6H,1H2;. The Kier molecular flexibility index (Phi) is 5.46. The SMILES string of the molecule is C=Cc1ccncc1.O=S(=O)=O. The molecule has 0 unspecified atom stereocenters. The van der Waals surface area contributed by atoms with Crippen LogP contribution < -0.4 is 0 Å². The van der Waals surface area contributed by atoms with E-state index in [9.17, 15) is 0 Å². The third kappa shape index (κ3) is 6.63. The normalized spacial score (nSPS) is 7.67. The van der Waals surface area contributed by atoms with Crippen molar-refractivity contribution in [3.8, 4) is 0 Å². The van der Waals surface area contributed by atoms with Crippen LogP contribution in [0.5, 0.6) is 0 Å². The van der Waals surface area contributed by atoms with Gasteiger partial charge in [-0.05, 0) is 17.7 Å². The smallest absolute Gasteiger partial charge is 0.265 e. The van der Waals surface area contributed by atoms with Gasteiger partial charge in [-0.25, -0.2) is 0 Å². The second kappa shape index (κ2) is 6.23. The van der Waals surface area contributed by atoms with Crippen LogP contribution in [0.25, 0.3) is 6.08 Å². The molecule has 0 amide bonds. The zero-order valence-corrected chi connectivity index (χ0v) is 6.99. The molecule has 1 aromatic heterocycles. The predicted molar refractivity (Wildman–Crippen MR) is 44.0 cm³/mol. The Labute approximate surface area is 71.6 Å². The molecule has 0 spiro atoms. The molecule has 0 aromatic carbocycles. The first-order valence-electron chi connectivity index (χ1n) is 2.96. The molecule has 0 aliphatic carbocycles. The second-order valence-electron chi connectivity index (χ2n) is 1.69. The van der Waals surface area contributed by atoms with Crippen molar-refractivity contribution >= 4 is 16.7 Å². The number of hydrogen-bond acceptors (Lipinski definition) is 4. The molecular weight excluding hydrogens is 178 g/mol. The van der Waals surface area contributed by atoms with Crippen molar-refractivity contribution in [1.29, 1.82) is 0 Å². The van der Waals surface area contributed by atoms with Crippen LogP contribution in [0.4, 0.5) is 0 Å². The van der Waals surface area contributed by atoms with E-state index >= 15 is 0 Å². The second-order valence-corrected chi connectivity index (χ2v) is 2.10. The van der Waals surface area contributed by atoms with Crippen LogP contribution >= 0.6 is 0 Å². The fraction of sp³-hybridized carbons (Fsp3) is 0. The van der Waals surface area contributed by atoms with Crippen molar-refractivity contribution < 1.29 is 12.6 Å². The minimum atomic E-state index is -3.11. The predicted octanol–water partition coefficient (Wildman–Crippen LogP) is 0.721. The number of pyridine rings is 1. The van der Waals surface area contributed by atoms with Crippen LogP contribution in [0, 0.1) is 0 Å². The fourth-order valence-corrected chi connectivity index (χ4v) is 0.500. The molecule has 0 aliphatic rings. The van der Waals surface area contributed by atoms with Crippen LogP contribution in [-0.2, 0) is 10.6 Å². The minimum absolute atomic E-state index is 1.11. The Hall–Kier alpha value is -1.49. The molecule has 12 heavy (non-hydrogen) atoms. The van der Waals surface area contributed by atoms with E-state index in [2.05, 4.69) is 11.6 Å². The van der Waals surface area contributed by atoms with E-state index in [-0.39, 0.29) is 0 Å². The van der Waals surface area contributed by atoms with Crippen LogP contribution in [0.3, 0.4) is 0 Å². The lowest BCUT2D eigenvalue weighted by Crippen LogP contribution is -1.69. The highest BCUT2D eigenvalue weighted by atomic mass is 32.2. The fourth-order valence-electron chi connectivity index (χ4n) is 0.500. The number of aromatic nitrogens is 1. The average molecular weight is 185 g/mol. The molecule has 1 rings (SSSR count). The van der Waals surface area contributed by atoms with Gasteiger partial charge in [-0.3, -0.25) is 4.98 Å². The van der Waals surface area contributed by atoms with Gasteiger partial charge in [0.1, 0.15) is 0 Å². The van der Waals surface area contributed by atoms with Gasteiger partial charge in [0.15, 0.2) is 0 Å². The first-order valence-corrected chi connectivity index (χ1v) is 3.96. The molecule has 0 bridgehead atoms. The van der Waals surface area contributed by atoms with Crippen LogP contribution in [0.15, 0.2) is 31.1 Å². The van der Waals surface area contributed by atoms with E-state index in [1.54, 1.807) is 18.5 Å². The molecule has 5 heteroatoms. The van der Waals surface area contributed by atoms with Gasteiger partial charge in [-0.2, -0.15) is 0 Å². The molecule has 0 saturated heterocycles. The Morgan fingerprint density at radius 1 is 1.25 bits per heavy atom. The molecule has 1 aromatic rings. The summed E-state index contributed by atoms with van der Waals surface area (Å²) in [5.74, 6) is 0. The Morgan fingerprint density at radius 3 is 1.92 bits per heavy atom. The minimum Gasteiger partial charge on any atom is -0.265 e. The van der Waals surface area contributed by atoms with Crippen molar-refractivity contribution in [3.63, 3.8) is 0 Å². The first-order chi connectivity index (χ1) is 5.66. The van der Waals surface area contributed by atoms with Crippen LogP contribution in [0.2, 0.25) is 0 Å². The van der Waals surface area contributed by atoms with Gasteiger partial charge in [0.05, 0.1) is 0 Å². The summed E-state index contributed by atoms with van der Waals surface area (Å²) in [6, 6.07) is 3.82. The molecule has 0 atom stereocenters. The van der Waals surface area contributed by atoms with Crippen molar-refractivity contribution in [2.75, 3.05) is 0 Å². The quantitative estimate of drug-likeness (QED) is 0.646. The topological polar surface area (TPSA) is 64.1 Å². The summed E-state index contributed by atoms with van der Waals surface area (Å²) in [6.07, 6.45) is 5.29. The maximum atomic E-state index is 8.44. The summed E-state index contributed by atoms with van der Waals surface area (Å²) < 4.78 is 25.3. The number of nitrogens with zero attached hydrogens (tertiary/aromatic N) is 1. The monoisotopic (exact) mass is 185 g/mol. The van der Waals surface area contributed by atoms with E-state index in [4.69, 9.17) is 12.6 Å². The molecule has 64 valence electrons. The Balaban J connectivity index is 0.000000261. The highest BCUT2D eigenvalue weighted by Crippen LogP contribution is 1.94. The number of rotatable bonds is 1. The van der Waals surface area contributed by atoms with E-state index in [1.165, 1.54) is 0 Å². The lowest BCUT2D eigenvalue weighted by molar-refractivity contribution is 0.559. The van der Waals surface area contributed by atoms with E-state index in [1.807, 2.05) is 12.1 Å². The molecule has 0 aliphatic heterocycles. The lowest BCUT2D eigenvalue weighted by Gasteiger charge is -1.84. The van der Waals surface area contributed by atoms with Crippen molar-refractivity contribution in [2.45, 2.75) is 0 Å². The molecule has 0 radical (unpaired) electrons. The molecular formula is C7H7NO3S. The highest BCUT2D eigenvalue weighted by molar-refractivity contribution is 7.59. The third-order valence-electron chi connectivity index (χ3n) is 0.942. The molecule has 0 saturated carbocycles. The highest BCUT2D eigenvalue weighted by Gasteiger charge is 1.76. The van der Waals surface area contributed by atoms with Crippen LogP contribution in [0.1, 0.15) is 5.56 Å². The van der Waals surface area contributed by atoms with Gasteiger partial charge in [-0.1, -0.05) is 12.7 Å². The van der Waals surface area contributed by atoms with E-state index < -0.39 is 10.6 Å². The summed E-state index contributed by atoms with van der Waals surface area (Å²) in [6.45, 7) is 3.60. The zero-order valence-electron chi connectivity index (χ0n) is 6.17. The van der Waals surface area contributed by atoms with Gasteiger partial charge in [0.2, 0.25) is 0 Å². The molecule has 0 N–H and O–H groups in total. The average Bonchev–Trinajstić information content (AvgIpc) is 2.05.